The molecule has 2 aromatic heterocycles. The number of anilines is 1. The van der Waals surface area contributed by atoms with Gasteiger partial charge >= 0.3 is 6.01 Å². The molecule has 2 unspecified atom stereocenters. The second-order valence-corrected chi connectivity index (χ2v) is 12.0. The van der Waals surface area contributed by atoms with Crippen molar-refractivity contribution in [3.63, 3.8) is 0 Å². The number of piperidine rings is 2. The highest BCUT2D eigenvalue weighted by Gasteiger charge is 2.49. The summed E-state index contributed by atoms with van der Waals surface area (Å²) in [5.41, 5.74) is -1.85. The largest absolute Gasteiger partial charge is 0.508 e. The van der Waals surface area contributed by atoms with Gasteiger partial charge in [0, 0.05) is 52.3 Å². The Bertz CT molecular complexity index is 2060. The van der Waals surface area contributed by atoms with Crippen LogP contribution in [0, 0.1) is 18.2 Å². The third kappa shape index (κ3) is 4.21. The summed E-state index contributed by atoms with van der Waals surface area (Å²) in [5, 5.41) is 19.4. The molecule has 226 valence electrons. The minimum Gasteiger partial charge on any atom is -0.508 e. The van der Waals surface area contributed by atoms with Crippen LogP contribution < -0.4 is 20.5 Å². The number of aromatic nitrogens is 4. The fraction of sp³-hybridized carbons (Fsp3) is 0.438. The smallest absolute Gasteiger partial charge is 0.319 e. The van der Waals surface area contributed by atoms with Crippen LogP contribution in [0.25, 0.3) is 27.4 Å². The number of halogens is 2. The number of hydrogen-bond acceptors (Lipinski definition) is 9. The van der Waals surface area contributed by atoms with Gasteiger partial charge in [-0.1, -0.05) is 12.0 Å². The van der Waals surface area contributed by atoms with E-state index in [4.69, 9.17) is 20.3 Å². The molecule has 5 aliphatic heterocycles. The summed E-state index contributed by atoms with van der Waals surface area (Å²) >= 11 is 0. The Balaban J connectivity index is 1.28. The molecule has 0 spiro atoms. The van der Waals surface area contributed by atoms with Crippen LogP contribution in [0.5, 0.6) is 11.8 Å². The molecule has 0 aliphatic carbocycles. The molecule has 7 heterocycles. The second kappa shape index (κ2) is 10.1. The highest BCUT2D eigenvalue weighted by atomic mass is 19.1. The normalized spacial score (nSPS) is 30.2. The first-order valence-corrected chi connectivity index (χ1v) is 14.7. The molecule has 5 aliphatic rings. The lowest BCUT2D eigenvalue weighted by Gasteiger charge is -2.46. The zero-order valence-corrected chi connectivity index (χ0v) is 23.7. The van der Waals surface area contributed by atoms with E-state index in [-0.39, 0.29) is 78.4 Å². The molecule has 5 saturated heterocycles. The third-order valence-corrected chi connectivity index (χ3v) is 9.41. The highest BCUT2D eigenvalue weighted by molar-refractivity contribution is 5.97. The number of ether oxygens (including phenoxy) is 1. The van der Waals surface area contributed by atoms with Crippen molar-refractivity contribution in [3.8, 4) is 29.8 Å². The molecular formula is C32H31F2N7O3. The zero-order chi connectivity index (χ0) is 32.9. The van der Waals surface area contributed by atoms with Crippen molar-refractivity contribution >= 4 is 27.5 Å². The molecule has 0 radical (unpaired) electrons. The molecule has 9 rings (SSSR count). The third-order valence-electron chi connectivity index (χ3n) is 9.41. The summed E-state index contributed by atoms with van der Waals surface area (Å²) in [6.07, 6.45) is 6.89. The number of rotatable bonds is 5. The van der Waals surface area contributed by atoms with Gasteiger partial charge in [-0.15, -0.1) is 6.42 Å². The van der Waals surface area contributed by atoms with Crippen LogP contribution in [0.2, 0.25) is 0 Å². The van der Waals surface area contributed by atoms with E-state index in [1.165, 1.54) is 35.4 Å². The van der Waals surface area contributed by atoms with E-state index in [2.05, 4.69) is 26.2 Å². The van der Waals surface area contributed by atoms with Gasteiger partial charge in [0.05, 0.1) is 29.7 Å². The number of benzene rings is 2. The second-order valence-electron chi connectivity index (χ2n) is 12.0. The number of fused-ring (bicyclic) bond motifs is 6. The first-order chi connectivity index (χ1) is 22.4. The maximum atomic E-state index is 15.0. The molecule has 0 saturated carbocycles. The average molecular weight is 603 g/mol. The minimum absolute atomic E-state index is 0.0487. The highest BCUT2D eigenvalue weighted by Crippen LogP contribution is 2.41. The van der Waals surface area contributed by atoms with Crippen LogP contribution in [0.4, 0.5) is 14.6 Å². The number of hydrogen-bond donors (Lipinski definition) is 2. The lowest BCUT2D eigenvalue weighted by atomic mass is 9.93. The predicted octanol–water partition coefficient (Wildman–Crippen LogP) is 3.05. The van der Waals surface area contributed by atoms with Gasteiger partial charge in [0.15, 0.2) is 0 Å². The SMILES string of the molecule is [2H]C1([2H])CC[C@@]2(COc3nc(N4CC5CCC4CN5)c4cnn(-c5cc(O)cc6ccc(F)c(C#C)c56)c(=O)c4n3)C[C@@]([2H])(F)CN12. The Labute approximate surface area is 255 Å². The lowest BCUT2D eigenvalue weighted by molar-refractivity contribution is 0.107. The Morgan fingerprint density at radius 2 is 2.18 bits per heavy atom. The topological polar surface area (TPSA) is 109 Å². The molecule has 44 heavy (non-hydrogen) atoms. The Hall–Kier alpha value is -4.34. The van der Waals surface area contributed by atoms with E-state index in [9.17, 15) is 18.7 Å². The minimum atomic E-state index is -2.34. The van der Waals surface area contributed by atoms with Gasteiger partial charge in [-0.25, -0.2) is 8.78 Å². The van der Waals surface area contributed by atoms with Crippen molar-refractivity contribution in [3.05, 3.63) is 52.2 Å². The van der Waals surface area contributed by atoms with Crippen LogP contribution >= 0.6 is 0 Å². The number of phenolic OH excluding ortho intramolecular Hbond substituents is 1. The zero-order valence-electron chi connectivity index (χ0n) is 26.7. The van der Waals surface area contributed by atoms with E-state index in [1.807, 2.05) is 0 Å². The number of phenols is 1. The Kier molecular flexibility index (Phi) is 5.52. The Morgan fingerprint density at radius 1 is 1.30 bits per heavy atom. The van der Waals surface area contributed by atoms with Crippen molar-refractivity contribution in [2.75, 3.05) is 37.6 Å². The number of aromatic hydroxyl groups is 1. The summed E-state index contributed by atoms with van der Waals surface area (Å²) in [7, 11) is 0. The van der Waals surface area contributed by atoms with Gasteiger partial charge in [0.1, 0.15) is 35.7 Å². The number of nitrogens with zero attached hydrogens (tertiary/aromatic N) is 6. The van der Waals surface area contributed by atoms with Crippen molar-refractivity contribution in [2.45, 2.75) is 55.9 Å². The monoisotopic (exact) mass is 602 g/mol. The predicted molar refractivity (Wildman–Crippen MR) is 161 cm³/mol. The first kappa shape index (κ1) is 24.0. The number of terminal acetylenes is 1. The molecule has 0 amide bonds. The van der Waals surface area contributed by atoms with E-state index < -0.39 is 29.6 Å². The van der Waals surface area contributed by atoms with Gasteiger partial charge < -0.3 is 20.1 Å². The van der Waals surface area contributed by atoms with Gasteiger partial charge in [0.25, 0.3) is 5.56 Å². The van der Waals surface area contributed by atoms with Gasteiger partial charge in [0.2, 0.25) is 0 Å². The summed E-state index contributed by atoms with van der Waals surface area (Å²) in [6.45, 7) is -1.01. The van der Waals surface area contributed by atoms with E-state index in [0.29, 0.717) is 23.1 Å². The van der Waals surface area contributed by atoms with E-state index in [1.54, 1.807) is 0 Å². The summed E-state index contributed by atoms with van der Waals surface area (Å²) in [6, 6.07) is 5.49. The van der Waals surface area contributed by atoms with Crippen LogP contribution in [-0.4, -0.2) is 86.3 Å². The van der Waals surface area contributed by atoms with Crippen LogP contribution in [0.3, 0.4) is 0 Å². The average Bonchev–Trinajstić information content (AvgIpc) is 3.47. The first-order valence-electron chi connectivity index (χ1n) is 16.2. The quantitative estimate of drug-likeness (QED) is 0.333. The lowest BCUT2D eigenvalue weighted by Crippen LogP contribution is -2.61. The molecule has 4 aromatic rings. The molecule has 2 N–H and O–H groups in total. The van der Waals surface area contributed by atoms with Crippen LogP contribution in [0.15, 0.2) is 35.3 Å². The van der Waals surface area contributed by atoms with Crippen molar-refractivity contribution in [2.24, 2.45) is 0 Å². The molecule has 10 nitrogen and oxygen atoms in total. The maximum absolute atomic E-state index is 15.0. The molecule has 12 heteroatoms. The van der Waals surface area contributed by atoms with Crippen molar-refractivity contribution in [1.82, 2.24) is 30.0 Å². The number of piperazine rings is 1. The molecule has 5 fully saturated rings. The molecule has 2 bridgehead atoms. The van der Waals surface area contributed by atoms with Crippen LogP contribution in [0.1, 0.15) is 41.8 Å². The standard InChI is InChI=1S/C32H31F2N7O3/c1-2-23-25(34)7-4-18-10-22(42)11-26(27(18)23)41-30(43)28-24(14-36-41)29(40-16-20-5-6-21(40)13-35-20)38-31(37-28)44-17-32-8-3-9-39(32)15-19(33)12-32/h1,4,7,10-11,14,19-21,35,42H,3,5-6,8-9,12-13,15-17H2/t19-,20?,21?,32+/m1/s1/i9D2,19D. The van der Waals surface area contributed by atoms with Gasteiger partial charge in [-0.05, 0) is 49.7 Å². The molecule has 2 aromatic carbocycles. The van der Waals surface area contributed by atoms with Crippen molar-refractivity contribution < 1.29 is 22.7 Å². The fourth-order valence-electron chi connectivity index (χ4n) is 7.24. The maximum Gasteiger partial charge on any atom is 0.319 e. The molecule has 4 atom stereocenters. The van der Waals surface area contributed by atoms with Gasteiger partial charge in [-0.3, -0.25) is 9.69 Å². The summed E-state index contributed by atoms with van der Waals surface area (Å²) < 4.78 is 61.8. The van der Waals surface area contributed by atoms with E-state index in [0.717, 1.165) is 24.1 Å². The summed E-state index contributed by atoms with van der Waals surface area (Å²) in [5.74, 6) is 1.93. The van der Waals surface area contributed by atoms with Gasteiger partial charge in [-0.2, -0.15) is 19.7 Å². The number of alkyl halides is 1. The van der Waals surface area contributed by atoms with E-state index >= 15 is 0 Å². The van der Waals surface area contributed by atoms with Crippen molar-refractivity contribution in [1.29, 1.82) is 0 Å². The molecular weight excluding hydrogens is 568 g/mol. The number of nitrogens with one attached hydrogen (secondary N) is 1. The van der Waals surface area contributed by atoms with Crippen LogP contribution in [-0.2, 0) is 0 Å². The Morgan fingerprint density at radius 3 is 2.95 bits per heavy atom. The fourth-order valence-corrected chi connectivity index (χ4v) is 7.24. The summed E-state index contributed by atoms with van der Waals surface area (Å²) in [4.78, 5) is 27.0.